The monoisotopic (exact) mass is 552 g/mol. The van der Waals surface area contributed by atoms with Gasteiger partial charge in [0.1, 0.15) is 12.7 Å². The second kappa shape index (κ2) is 12.5. The van der Waals surface area contributed by atoms with E-state index >= 15 is 0 Å². The highest BCUT2D eigenvalue weighted by atomic mass is 79.9. The van der Waals surface area contributed by atoms with Crippen molar-refractivity contribution in [2.24, 2.45) is 0 Å². The van der Waals surface area contributed by atoms with Gasteiger partial charge in [-0.3, -0.25) is 28.7 Å². The molecule has 0 unspecified atom stereocenters. The first-order valence-electron chi connectivity index (χ1n) is 9.84. The maximum atomic E-state index is 12.2. The van der Waals surface area contributed by atoms with Crippen molar-refractivity contribution in [2.75, 3.05) is 6.61 Å². The van der Waals surface area contributed by atoms with E-state index in [1.54, 1.807) is 0 Å². The molecule has 13 nitrogen and oxygen atoms in total. The Bertz CT molecular complexity index is 853. The van der Waals surface area contributed by atoms with Crippen LogP contribution in [-0.4, -0.2) is 72.8 Å². The minimum absolute atomic E-state index is 0.162. The fraction of sp³-hybridized carbons (Fsp3) is 0.600. The minimum atomic E-state index is -2.79. The van der Waals surface area contributed by atoms with Crippen molar-refractivity contribution in [3.8, 4) is 0 Å². The Balaban J connectivity index is 3.70. The van der Waals surface area contributed by atoms with Gasteiger partial charge in [-0.15, -0.1) is 0 Å². The van der Waals surface area contributed by atoms with Gasteiger partial charge in [-0.1, -0.05) is 13.5 Å². The van der Waals surface area contributed by atoms with Gasteiger partial charge in [0.25, 0.3) is 0 Å². The summed E-state index contributed by atoms with van der Waals surface area (Å²) in [7, 11) is 0. The molecule has 0 N–H and O–H groups in total. The maximum Gasteiger partial charge on any atom is 0.420 e. The zero-order valence-electron chi connectivity index (χ0n) is 19.1. The van der Waals surface area contributed by atoms with Crippen LogP contribution in [0.15, 0.2) is 11.1 Å². The number of esters is 6. The third kappa shape index (κ3) is 8.09. The van der Waals surface area contributed by atoms with Crippen molar-refractivity contribution in [3.63, 3.8) is 0 Å². The number of carbonyl (C=O) groups is 6. The number of rotatable bonds is 9. The summed E-state index contributed by atoms with van der Waals surface area (Å²) in [5.41, 5.74) is 0. The predicted octanol–water partition coefficient (Wildman–Crippen LogP) is 0.802. The van der Waals surface area contributed by atoms with Gasteiger partial charge in [-0.25, -0.2) is 4.79 Å². The van der Waals surface area contributed by atoms with E-state index in [0.29, 0.717) is 0 Å². The quantitative estimate of drug-likeness (QED) is 0.170. The summed E-state index contributed by atoms with van der Waals surface area (Å²) in [6.45, 7) is 8.03. The number of carbonyl (C=O) groups excluding carboxylic acids is 6. The van der Waals surface area contributed by atoms with E-state index in [-0.39, 0.29) is 10.9 Å². The smallest absolute Gasteiger partial charge is 0.420 e. The standard InChI is InChI=1S/C20H25BrO13/c1-7-15(26)34-20(32-13(6)25)18(31-12(5)24)17(30-11(4)23)16(29-10(3)22)14(33-20)8-28-19(27)9(2)21/h14,16-18H,2,7-8H2,1,3-6H3/t14-,16-,17+,18+,20-/m1/s1. The van der Waals surface area contributed by atoms with Crippen molar-refractivity contribution >= 4 is 51.7 Å². The van der Waals surface area contributed by atoms with Gasteiger partial charge in [-0.2, -0.15) is 0 Å². The Morgan fingerprint density at radius 3 is 1.82 bits per heavy atom. The van der Waals surface area contributed by atoms with Crippen LogP contribution in [0.5, 0.6) is 0 Å². The van der Waals surface area contributed by atoms with Crippen LogP contribution in [0.1, 0.15) is 41.0 Å². The molecule has 0 saturated carbocycles. The molecule has 14 heteroatoms. The molecule has 0 aliphatic carbocycles. The Morgan fingerprint density at radius 2 is 1.38 bits per heavy atom. The molecule has 0 aromatic rings. The summed E-state index contributed by atoms with van der Waals surface area (Å²) in [6, 6.07) is 0. The van der Waals surface area contributed by atoms with Crippen LogP contribution in [0.4, 0.5) is 0 Å². The van der Waals surface area contributed by atoms with Crippen LogP contribution < -0.4 is 0 Å². The maximum absolute atomic E-state index is 12.2. The van der Waals surface area contributed by atoms with Gasteiger partial charge in [0.15, 0.2) is 12.2 Å². The highest BCUT2D eigenvalue weighted by molar-refractivity contribution is 9.12. The highest BCUT2D eigenvalue weighted by Gasteiger charge is 2.65. The van der Waals surface area contributed by atoms with Crippen molar-refractivity contribution in [2.45, 2.75) is 71.4 Å². The van der Waals surface area contributed by atoms with Crippen molar-refractivity contribution in [3.05, 3.63) is 11.1 Å². The Hall–Kier alpha value is -3.00. The summed E-state index contributed by atoms with van der Waals surface area (Å²) < 4.78 is 36.5. The molecule has 5 atom stereocenters. The third-order valence-corrected chi connectivity index (χ3v) is 4.30. The molecular formula is C20H25BrO13. The van der Waals surface area contributed by atoms with Crippen LogP contribution in [0.3, 0.4) is 0 Å². The van der Waals surface area contributed by atoms with E-state index in [9.17, 15) is 28.8 Å². The molecule has 34 heavy (non-hydrogen) atoms. The van der Waals surface area contributed by atoms with Gasteiger partial charge in [-0.05, 0) is 15.9 Å². The number of hydrogen-bond acceptors (Lipinski definition) is 13. The van der Waals surface area contributed by atoms with E-state index in [1.165, 1.54) is 6.92 Å². The number of hydrogen-bond donors (Lipinski definition) is 0. The molecule has 0 amide bonds. The fourth-order valence-corrected chi connectivity index (χ4v) is 3.00. The van der Waals surface area contributed by atoms with Gasteiger partial charge in [0, 0.05) is 34.1 Å². The van der Waals surface area contributed by atoms with Gasteiger partial charge >= 0.3 is 41.8 Å². The average molecular weight is 553 g/mol. The van der Waals surface area contributed by atoms with Gasteiger partial charge < -0.3 is 28.4 Å². The van der Waals surface area contributed by atoms with E-state index in [1.807, 2.05) is 0 Å². The molecule has 0 aromatic heterocycles. The summed E-state index contributed by atoms with van der Waals surface area (Å²) in [5.74, 6) is -8.50. The first-order valence-corrected chi connectivity index (χ1v) is 10.6. The zero-order chi connectivity index (χ0) is 26.2. The Kier molecular flexibility index (Phi) is 10.6. The van der Waals surface area contributed by atoms with Crippen molar-refractivity contribution < 1.29 is 61.9 Å². The van der Waals surface area contributed by atoms with Crippen LogP contribution in [0.25, 0.3) is 0 Å². The van der Waals surface area contributed by atoms with Crippen LogP contribution >= 0.6 is 15.9 Å². The Labute approximate surface area is 203 Å². The average Bonchev–Trinajstić information content (AvgIpc) is 2.69. The van der Waals surface area contributed by atoms with Crippen LogP contribution in [0.2, 0.25) is 0 Å². The van der Waals surface area contributed by atoms with E-state index in [2.05, 4.69) is 22.5 Å². The lowest BCUT2D eigenvalue weighted by atomic mass is 9.96. The van der Waals surface area contributed by atoms with Crippen molar-refractivity contribution in [1.82, 2.24) is 0 Å². The van der Waals surface area contributed by atoms with Crippen LogP contribution in [-0.2, 0) is 61.9 Å². The fourth-order valence-electron chi connectivity index (χ4n) is 2.88. The summed E-state index contributed by atoms with van der Waals surface area (Å²) in [4.78, 5) is 71.6. The molecule has 0 spiro atoms. The van der Waals surface area contributed by atoms with E-state index < -0.39 is 72.8 Å². The molecule has 1 rings (SSSR count). The molecule has 1 aliphatic heterocycles. The van der Waals surface area contributed by atoms with Gasteiger partial charge in [0.05, 0.1) is 4.48 Å². The number of ether oxygens (including phenoxy) is 7. The molecule has 0 bridgehead atoms. The van der Waals surface area contributed by atoms with E-state index in [4.69, 9.17) is 33.2 Å². The highest BCUT2D eigenvalue weighted by Crippen LogP contribution is 2.38. The molecule has 0 aromatic carbocycles. The first-order chi connectivity index (χ1) is 15.7. The topological polar surface area (TPSA) is 167 Å². The number of halogens is 1. The molecule has 1 saturated heterocycles. The molecule has 1 heterocycles. The Morgan fingerprint density at radius 1 is 0.853 bits per heavy atom. The lowest BCUT2D eigenvalue weighted by molar-refractivity contribution is -0.432. The molecule has 190 valence electrons. The SMILES string of the molecule is C=C(Br)C(=O)OC[C@H]1O[C@@](OC(C)=O)(OC(=O)CC)[C@@H](OC(C)=O)[C@@H](OC(C)=O)[C@@H]1OC(C)=O. The molecule has 1 fully saturated rings. The third-order valence-electron chi connectivity index (χ3n) is 3.98. The zero-order valence-corrected chi connectivity index (χ0v) is 20.7. The largest absolute Gasteiger partial charge is 0.459 e. The van der Waals surface area contributed by atoms with Crippen LogP contribution in [0, 0.1) is 0 Å². The van der Waals surface area contributed by atoms with E-state index in [0.717, 1.165) is 27.7 Å². The lowest BCUT2D eigenvalue weighted by Crippen LogP contribution is -2.70. The first kappa shape index (κ1) is 29.0. The second-order valence-electron chi connectivity index (χ2n) is 6.86. The molecular weight excluding hydrogens is 528 g/mol. The predicted molar refractivity (Wildman–Crippen MR) is 111 cm³/mol. The normalized spacial score (nSPS) is 25.8. The van der Waals surface area contributed by atoms with Crippen molar-refractivity contribution in [1.29, 1.82) is 0 Å². The lowest BCUT2D eigenvalue weighted by Gasteiger charge is -2.48. The van der Waals surface area contributed by atoms with Gasteiger partial charge in [0.2, 0.25) is 6.10 Å². The minimum Gasteiger partial charge on any atom is -0.459 e. The second-order valence-corrected chi connectivity index (χ2v) is 7.82. The summed E-state index contributed by atoms with van der Waals surface area (Å²) in [5, 5.41) is 0. The summed E-state index contributed by atoms with van der Waals surface area (Å²) >= 11 is 2.84. The molecule has 0 radical (unpaired) electrons. The summed E-state index contributed by atoms with van der Waals surface area (Å²) in [6.07, 6.45) is -6.99. The molecule has 1 aliphatic rings.